The van der Waals surface area contributed by atoms with E-state index in [2.05, 4.69) is 10.3 Å². The molecule has 1 heterocycles. The highest BCUT2D eigenvalue weighted by atomic mass is 19.1. The van der Waals surface area contributed by atoms with Gasteiger partial charge in [-0.05, 0) is 70.0 Å². The molecule has 0 bridgehead atoms. The fourth-order valence-electron chi connectivity index (χ4n) is 3.52. The van der Waals surface area contributed by atoms with Crippen molar-refractivity contribution in [2.45, 2.75) is 40.3 Å². The van der Waals surface area contributed by atoms with Crippen LogP contribution in [-0.4, -0.2) is 34.6 Å². The van der Waals surface area contributed by atoms with Crippen molar-refractivity contribution in [3.05, 3.63) is 64.5 Å². The summed E-state index contributed by atoms with van der Waals surface area (Å²) in [5, 5.41) is 2.92. The highest BCUT2D eigenvalue weighted by molar-refractivity contribution is 6.47. The van der Waals surface area contributed by atoms with Gasteiger partial charge in [-0.15, -0.1) is 0 Å². The Kier molecular flexibility index (Phi) is 5.06. The number of nitrogens with one attached hydrogen (secondary N) is 1. The molecule has 1 aliphatic heterocycles. The van der Waals surface area contributed by atoms with E-state index in [4.69, 9.17) is 0 Å². The van der Waals surface area contributed by atoms with Gasteiger partial charge >= 0.3 is 0 Å². The van der Waals surface area contributed by atoms with Crippen molar-refractivity contribution in [2.75, 3.05) is 11.9 Å². The highest BCUT2D eigenvalue weighted by Crippen LogP contribution is 2.27. The van der Waals surface area contributed by atoms with E-state index in [0.29, 0.717) is 5.56 Å². The highest BCUT2D eigenvalue weighted by Gasteiger charge is 2.41. The second-order valence-corrected chi connectivity index (χ2v) is 7.67. The lowest BCUT2D eigenvalue weighted by atomic mass is 10.1. The third-order valence-electron chi connectivity index (χ3n) is 4.85. The number of aliphatic imine (C=N–C) groups is 1. The Morgan fingerprint density at radius 1 is 1.11 bits per heavy atom. The number of anilines is 1. The summed E-state index contributed by atoms with van der Waals surface area (Å²) in [6, 6.07) is 9.62. The number of benzene rings is 2. The van der Waals surface area contributed by atoms with E-state index in [-0.39, 0.29) is 29.9 Å². The van der Waals surface area contributed by atoms with Crippen LogP contribution in [-0.2, 0) is 9.59 Å². The SMILES string of the molecule is Cc1cc(C)c(NC(=O)CN2C(=O)C(c3ccc(F)cc3)=NC2(C)C)c(C)c1. The molecule has 2 aromatic rings. The summed E-state index contributed by atoms with van der Waals surface area (Å²) in [6.45, 7) is 9.32. The zero-order chi connectivity index (χ0) is 20.6. The normalized spacial score (nSPS) is 15.6. The van der Waals surface area contributed by atoms with Crippen LogP contribution in [0.2, 0.25) is 0 Å². The minimum absolute atomic E-state index is 0.118. The first-order chi connectivity index (χ1) is 13.1. The van der Waals surface area contributed by atoms with E-state index >= 15 is 0 Å². The minimum Gasteiger partial charge on any atom is -0.324 e. The molecule has 146 valence electrons. The maximum Gasteiger partial charge on any atom is 0.275 e. The number of amides is 2. The van der Waals surface area contributed by atoms with Crippen LogP contribution in [0.15, 0.2) is 41.4 Å². The molecule has 0 saturated carbocycles. The Balaban J connectivity index is 1.78. The maximum absolute atomic E-state index is 13.2. The molecule has 0 aliphatic carbocycles. The molecule has 2 amide bonds. The summed E-state index contributed by atoms with van der Waals surface area (Å²) >= 11 is 0. The molecule has 5 nitrogen and oxygen atoms in total. The number of aryl methyl sites for hydroxylation is 3. The molecule has 0 unspecified atom stereocenters. The molecule has 28 heavy (non-hydrogen) atoms. The molecule has 3 rings (SSSR count). The molecule has 1 N–H and O–H groups in total. The molecule has 0 radical (unpaired) electrons. The molecule has 0 spiro atoms. The van der Waals surface area contributed by atoms with Crippen LogP contribution in [0, 0.1) is 26.6 Å². The molecule has 2 aromatic carbocycles. The standard InChI is InChI=1S/C22H24FN3O2/c1-13-10-14(2)19(15(3)11-13)24-18(27)12-26-21(28)20(25-22(26,4)5)16-6-8-17(23)9-7-16/h6-11H,12H2,1-5H3,(H,24,27). The molecule has 1 aliphatic rings. The Labute approximate surface area is 164 Å². The second kappa shape index (κ2) is 7.19. The summed E-state index contributed by atoms with van der Waals surface area (Å²) in [7, 11) is 0. The molecule has 0 aromatic heterocycles. The van der Waals surface area contributed by atoms with E-state index in [1.165, 1.54) is 29.2 Å². The first kappa shape index (κ1) is 19.7. The number of hydrogen-bond acceptors (Lipinski definition) is 3. The second-order valence-electron chi connectivity index (χ2n) is 7.67. The zero-order valence-corrected chi connectivity index (χ0v) is 16.8. The van der Waals surface area contributed by atoms with Crippen molar-refractivity contribution in [1.82, 2.24) is 4.90 Å². The third kappa shape index (κ3) is 3.81. The summed E-state index contributed by atoms with van der Waals surface area (Å²) in [6.07, 6.45) is 0. The number of carbonyl (C=O) groups excluding carboxylic acids is 2. The van der Waals surface area contributed by atoms with E-state index in [1.54, 1.807) is 13.8 Å². The number of hydrogen-bond donors (Lipinski definition) is 1. The zero-order valence-electron chi connectivity index (χ0n) is 16.8. The predicted molar refractivity (Wildman–Crippen MR) is 108 cm³/mol. The summed E-state index contributed by atoms with van der Waals surface area (Å²) in [5.74, 6) is -1.01. The average Bonchev–Trinajstić information content (AvgIpc) is 2.82. The van der Waals surface area contributed by atoms with Crippen LogP contribution >= 0.6 is 0 Å². The summed E-state index contributed by atoms with van der Waals surface area (Å²) in [5.41, 5.74) is 3.74. The van der Waals surface area contributed by atoms with Crippen LogP contribution < -0.4 is 5.32 Å². The van der Waals surface area contributed by atoms with E-state index in [9.17, 15) is 14.0 Å². The van der Waals surface area contributed by atoms with Crippen molar-refractivity contribution in [3.63, 3.8) is 0 Å². The van der Waals surface area contributed by atoms with Gasteiger partial charge in [0, 0.05) is 11.3 Å². The van der Waals surface area contributed by atoms with Crippen LogP contribution in [0.4, 0.5) is 10.1 Å². The van der Waals surface area contributed by atoms with Gasteiger partial charge in [0.05, 0.1) is 0 Å². The lowest BCUT2D eigenvalue weighted by Gasteiger charge is -2.29. The summed E-state index contributed by atoms with van der Waals surface area (Å²) < 4.78 is 13.2. The van der Waals surface area contributed by atoms with Crippen molar-refractivity contribution >= 4 is 23.2 Å². The van der Waals surface area contributed by atoms with Gasteiger partial charge in [-0.2, -0.15) is 0 Å². The minimum atomic E-state index is -0.866. The molecular formula is C22H24FN3O2. The van der Waals surface area contributed by atoms with Gasteiger partial charge in [-0.3, -0.25) is 14.6 Å². The van der Waals surface area contributed by atoms with Crippen molar-refractivity contribution in [3.8, 4) is 0 Å². The first-order valence-electron chi connectivity index (χ1n) is 9.14. The Hall–Kier alpha value is -3.02. The van der Waals surface area contributed by atoms with Crippen molar-refractivity contribution < 1.29 is 14.0 Å². The van der Waals surface area contributed by atoms with Crippen LogP contribution in [0.1, 0.15) is 36.1 Å². The fourth-order valence-corrected chi connectivity index (χ4v) is 3.52. The Bertz CT molecular complexity index is 955. The van der Waals surface area contributed by atoms with Crippen molar-refractivity contribution in [1.29, 1.82) is 0 Å². The van der Waals surface area contributed by atoms with Crippen LogP contribution in [0.3, 0.4) is 0 Å². The Morgan fingerprint density at radius 3 is 2.25 bits per heavy atom. The molecule has 6 heteroatoms. The predicted octanol–water partition coefficient (Wildman–Crippen LogP) is 3.76. The average molecular weight is 381 g/mol. The van der Waals surface area contributed by atoms with Gasteiger partial charge in [-0.25, -0.2) is 4.39 Å². The molecule has 0 atom stereocenters. The van der Waals surface area contributed by atoms with E-state index in [0.717, 1.165) is 22.4 Å². The van der Waals surface area contributed by atoms with Gasteiger partial charge < -0.3 is 10.2 Å². The van der Waals surface area contributed by atoms with Gasteiger partial charge in [-0.1, -0.05) is 17.7 Å². The number of carbonyl (C=O) groups is 2. The van der Waals surface area contributed by atoms with Crippen LogP contribution in [0.5, 0.6) is 0 Å². The third-order valence-corrected chi connectivity index (χ3v) is 4.85. The topological polar surface area (TPSA) is 61.8 Å². The largest absolute Gasteiger partial charge is 0.324 e. The number of rotatable bonds is 4. The quantitative estimate of drug-likeness (QED) is 0.877. The fraction of sp³-hybridized carbons (Fsp3) is 0.318. The summed E-state index contributed by atoms with van der Waals surface area (Å²) in [4.78, 5) is 31.5. The monoisotopic (exact) mass is 381 g/mol. The van der Waals surface area contributed by atoms with E-state index in [1.807, 2.05) is 32.9 Å². The van der Waals surface area contributed by atoms with Gasteiger partial charge in [0.2, 0.25) is 5.91 Å². The molecule has 0 fully saturated rings. The lowest BCUT2D eigenvalue weighted by Crippen LogP contribution is -2.46. The lowest BCUT2D eigenvalue weighted by molar-refractivity contribution is -0.131. The smallest absolute Gasteiger partial charge is 0.275 e. The maximum atomic E-state index is 13.2. The van der Waals surface area contributed by atoms with Gasteiger partial charge in [0.1, 0.15) is 23.7 Å². The number of nitrogens with zero attached hydrogens (tertiary/aromatic N) is 2. The van der Waals surface area contributed by atoms with Gasteiger partial charge in [0.25, 0.3) is 5.91 Å². The van der Waals surface area contributed by atoms with Crippen molar-refractivity contribution in [2.24, 2.45) is 4.99 Å². The Morgan fingerprint density at radius 2 is 1.68 bits per heavy atom. The molecule has 0 saturated heterocycles. The van der Waals surface area contributed by atoms with E-state index < -0.39 is 5.66 Å². The number of halogens is 1. The van der Waals surface area contributed by atoms with Gasteiger partial charge in [0.15, 0.2) is 0 Å². The molecular weight excluding hydrogens is 357 g/mol. The first-order valence-corrected chi connectivity index (χ1v) is 9.14. The van der Waals surface area contributed by atoms with Crippen LogP contribution in [0.25, 0.3) is 0 Å².